The van der Waals surface area contributed by atoms with E-state index in [9.17, 15) is 9.59 Å². The lowest BCUT2D eigenvalue weighted by Gasteiger charge is -2.14. The fourth-order valence-corrected chi connectivity index (χ4v) is 1.20. The van der Waals surface area contributed by atoms with Crippen LogP contribution in [0.2, 0.25) is 0 Å². The van der Waals surface area contributed by atoms with Crippen molar-refractivity contribution in [2.45, 2.75) is 12.0 Å². The summed E-state index contributed by atoms with van der Waals surface area (Å²) in [6.07, 6.45) is -0.683. The number of ether oxygens (including phenoxy) is 4. The quantitative estimate of drug-likeness (QED) is 0.314. The molecule has 1 aliphatic rings. The summed E-state index contributed by atoms with van der Waals surface area (Å²) >= 11 is 0. The number of rotatable bonds is 6. The molecule has 2 unspecified atom stereocenters. The lowest BCUT2D eigenvalue weighted by molar-refractivity contribution is -0.132. The Morgan fingerprint density at radius 3 is 3.07 bits per heavy atom. The Morgan fingerprint density at radius 2 is 2.57 bits per heavy atom. The van der Waals surface area contributed by atoms with Gasteiger partial charge in [0.1, 0.15) is 12.6 Å². The first-order valence-electron chi connectivity index (χ1n) is 4.17. The molecule has 7 heteroatoms. The Bertz CT molecular complexity index is 208. The number of hydrogen-bond acceptors (Lipinski definition) is 6. The summed E-state index contributed by atoms with van der Waals surface area (Å²) in [5.74, 6) is 0. The minimum absolute atomic E-state index is 0.196. The molecular weight excluding hydrogens is 191 g/mol. The van der Waals surface area contributed by atoms with Crippen molar-refractivity contribution < 1.29 is 28.5 Å². The van der Waals surface area contributed by atoms with Crippen molar-refractivity contribution in [3.05, 3.63) is 0 Å². The van der Waals surface area contributed by atoms with Crippen molar-refractivity contribution in [1.82, 2.24) is 0 Å². The molecule has 14 heavy (non-hydrogen) atoms. The first-order chi connectivity index (χ1) is 6.76. The molecule has 0 bridgehead atoms. The van der Waals surface area contributed by atoms with Crippen LogP contribution in [0.25, 0.3) is 0 Å². The van der Waals surface area contributed by atoms with E-state index in [1.807, 2.05) is 0 Å². The fraction of sp³-hybridized carbons (Fsp3) is 0.714. The fourth-order valence-electron chi connectivity index (χ4n) is 1.20. The smallest absolute Gasteiger partial charge is 0.471 e. The van der Waals surface area contributed by atoms with Gasteiger partial charge in [-0.25, -0.2) is 4.79 Å². The van der Waals surface area contributed by atoms with Gasteiger partial charge in [0.2, 0.25) is 7.28 Å². The predicted octanol–water partition coefficient (Wildman–Crippen LogP) is -0.939. The third-order valence-electron chi connectivity index (χ3n) is 1.78. The first kappa shape index (κ1) is 10.8. The van der Waals surface area contributed by atoms with E-state index in [4.69, 9.17) is 14.2 Å². The SMILES string of the molecule is COCC(BC1COC(=O)O1)OC=O. The molecule has 78 valence electrons. The number of carbonyl (C=O) groups excluding carboxylic acids is 2. The van der Waals surface area contributed by atoms with Gasteiger partial charge >= 0.3 is 6.16 Å². The average Bonchev–Trinajstić information content (AvgIpc) is 2.52. The lowest BCUT2D eigenvalue weighted by Crippen LogP contribution is -2.35. The van der Waals surface area contributed by atoms with Crippen LogP contribution in [0.4, 0.5) is 4.79 Å². The molecule has 1 heterocycles. The van der Waals surface area contributed by atoms with E-state index >= 15 is 0 Å². The molecule has 0 spiro atoms. The molecule has 6 nitrogen and oxygen atoms in total. The molecule has 0 aromatic heterocycles. The largest absolute Gasteiger partial charge is 0.508 e. The zero-order chi connectivity index (χ0) is 10.4. The van der Waals surface area contributed by atoms with Gasteiger partial charge in [-0.05, 0) is 0 Å². The van der Waals surface area contributed by atoms with E-state index in [1.165, 1.54) is 7.11 Å². The van der Waals surface area contributed by atoms with Gasteiger partial charge in [0.05, 0.1) is 12.6 Å². The van der Waals surface area contributed by atoms with E-state index in [2.05, 4.69) is 4.74 Å². The second kappa shape index (κ2) is 5.49. The molecule has 1 fully saturated rings. The van der Waals surface area contributed by atoms with E-state index in [1.54, 1.807) is 0 Å². The van der Waals surface area contributed by atoms with Crippen molar-refractivity contribution in [3.8, 4) is 0 Å². The molecule has 1 rings (SSSR count). The van der Waals surface area contributed by atoms with E-state index in [0.717, 1.165) is 0 Å². The highest BCUT2D eigenvalue weighted by atomic mass is 16.8. The Morgan fingerprint density at radius 1 is 1.79 bits per heavy atom. The van der Waals surface area contributed by atoms with Crippen molar-refractivity contribution in [1.29, 1.82) is 0 Å². The molecule has 0 aromatic carbocycles. The second-order valence-corrected chi connectivity index (χ2v) is 2.85. The lowest BCUT2D eigenvalue weighted by atomic mass is 9.66. The Kier molecular flexibility index (Phi) is 4.25. The number of methoxy groups -OCH3 is 1. The van der Waals surface area contributed by atoms with Crippen molar-refractivity contribution >= 4 is 19.9 Å². The maximum atomic E-state index is 10.6. The first-order valence-corrected chi connectivity index (χ1v) is 4.17. The topological polar surface area (TPSA) is 71.1 Å². The monoisotopic (exact) mass is 202 g/mol. The van der Waals surface area contributed by atoms with Gasteiger partial charge in [0, 0.05) is 7.11 Å². The zero-order valence-corrected chi connectivity index (χ0v) is 7.80. The molecule has 0 saturated carbocycles. The highest BCUT2D eigenvalue weighted by Gasteiger charge is 2.30. The number of cyclic esters (lactones) is 2. The average molecular weight is 202 g/mol. The van der Waals surface area contributed by atoms with Crippen LogP contribution < -0.4 is 0 Å². The molecule has 1 saturated heterocycles. The van der Waals surface area contributed by atoms with Gasteiger partial charge in [-0.1, -0.05) is 0 Å². The summed E-state index contributed by atoms with van der Waals surface area (Å²) in [6.45, 7) is 0.815. The molecule has 0 amide bonds. The molecule has 0 aliphatic carbocycles. The third kappa shape index (κ3) is 3.25. The molecule has 2 atom stereocenters. The van der Waals surface area contributed by atoms with Crippen LogP contribution in [-0.4, -0.2) is 52.2 Å². The summed E-state index contributed by atoms with van der Waals surface area (Å²) in [5.41, 5.74) is 0. The predicted molar refractivity (Wildman–Crippen MR) is 46.2 cm³/mol. The zero-order valence-electron chi connectivity index (χ0n) is 7.80. The summed E-state index contributed by atoms with van der Waals surface area (Å²) in [4.78, 5) is 20.7. The Balaban J connectivity index is 2.30. The van der Waals surface area contributed by atoms with Crippen LogP contribution in [0.3, 0.4) is 0 Å². The Hall–Kier alpha value is -1.24. The molecule has 0 aromatic rings. The van der Waals surface area contributed by atoms with Crippen LogP contribution in [0.5, 0.6) is 0 Å². The minimum Gasteiger partial charge on any atom is -0.471 e. The van der Waals surface area contributed by atoms with Crippen LogP contribution in [0.1, 0.15) is 0 Å². The summed E-state index contributed by atoms with van der Waals surface area (Å²) in [5, 5.41) is 0. The van der Waals surface area contributed by atoms with Gasteiger partial charge in [-0.2, -0.15) is 0 Å². The van der Waals surface area contributed by atoms with Crippen LogP contribution in [0, 0.1) is 0 Å². The summed E-state index contributed by atoms with van der Waals surface area (Å²) < 4.78 is 18.9. The van der Waals surface area contributed by atoms with Gasteiger partial charge in [0.15, 0.2) is 0 Å². The van der Waals surface area contributed by atoms with Gasteiger partial charge in [-0.15, -0.1) is 0 Å². The van der Waals surface area contributed by atoms with Crippen LogP contribution in [-0.2, 0) is 23.7 Å². The number of carbonyl (C=O) groups is 2. The summed E-state index contributed by atoms with van der Waals surface area (Å²) in [7, 11) is 1.89. The van der Waals surface area contributed by atoms with Crippen LogP contribution >= 0.6 is 0 Å². The highest BCUT2D eigenvalue weighted by Crippen LogP contribution is 2.06. The van der Waals surface area contributed by atoms with E-state index in [-0.39, 0.29) is 19.2 Å². The maximum absolute atomic E-state index is 10.6. The Labute approximate surface area is 81.7 Å². The highest BCUT2D eigenvalue weighted by molar-refractivity contribution is 6.39. The molecule has 0 radical (unpaired) electrons. The second-order valence-electron chi connectivity index (χ2n) is 2.85. The minimum atomic E-state index is -0.683. The van der Waals surface area contributed by atoms with Gasteiger partial charge < -0.3 is 18.9 Å². The summed E-state index contributed by atoms with van der Waals surface area (Å²) in [6, 6.07) is -0.764. The molecular formula is C7H11BO6. The van der Waals surface area contributed by atoms with E-state index < -0.39 is 12.2 Å². The van der Waals surface area contributed by atoms with E-state index in [0.29, 0.717) is 13.8 Å². The van der Waals surface area contributed by atoms with Gasteiger partial charge in [-0.3, -0.25) is 4.79 Å². The van der Waals surface area contributed by atoms with Gasteiger partial charge in [0.25, 0.3) is 6.47 Å². The van der Waals surface area contributed by atoms with Crippen molar-refractivity contribution in [3.63, 3.8) is 0 Å². The van der Waals surface area contributed by atoms with Crippen molar-refractivity contribution in [2.75, 3.05) is 20.3 Å². The van der Waals surface area contributed by atoms with Crippen molar-refractivity contribution in [2.24, 2.45) is 0 Å². The maximum Gasteiger partial charge on any atom is 0.508 e. The molecule has 1 aliphatic heterocycles. The molecule has 0 N–H and O–H groups in total. The van der Waals surface area contributed by atoms with Crippen LogP contribution in [0.15, 0.2) is 0 Å². The standard InChI is InChI=1S/C7H11BO6/c1-11-2-5(13-4-9)8-6-3-12-7(10)14-6/h4-6,8H,2-3H2,1H3. The normalized spacial score (nSPS) is 22.1. The number of hydrogen-bond donors (Lipinski definition) is 0. The third-order valence-corrected chi connectivity index (χ3v) is 1.78.